The van der Waals surface area contributed by atoms with E-state index in [0.717, 1.165) is 5.56 Å². The van der Waals surface area contributed by atoms with Gasteiger partial charge in [-0.05, 0) is 36.2 Å². The Morgan fingerprint density at radius 3 is 2.57 bits per heavy atom. The number of hydrogen-bond acceptors (Lipinski definition) is 5. The number of sulfonamides is 1. The van der Waals surface area contributed by atoms with Crippen molar-refractivity contribution < 1.29 is 22.7 Å². The molecule has 8 nitrogen and oxygen atoms in total. The molecule has 148 valence electrons. The SMILES string of the molecule is NS(=O)(=O)c1ccc(CCNC(=O)CN2C(=O)CCOc3ccccc32)cc1. The average molecular weight is 403 g/mol. The molecule has 0 aromatic heterocycles. The van der Waals surface area contributed by atoms with E-state index < -0.39 is 10.0 Å². The van der Waals surface area contributed by atoms with Crippen molar-refractivity contribution in [2.24, 2.45) is 5.14 Å². The van der Waals surface area contributed by atoms with Gasteiger partial charge in [0.1, 0.15) is 12.3 Å². The Labute approximate surface area is 163 Å². The molecular formula is C19H21N3O5S. The predicted molar refractivity (Wildman–Crippen MR) is 103 cm³/mol. The fraction of sp³-hybridized carbons (Fsp3) is 0.263. The Morgan fingerprint density at radius 1 is 1.14 bits per heavy atom. The Bertz CT molecular complexity index is 973. The summed E-state index contributed by atoms with van der Waals surface area (Å²) >= 11 is 0. The van der Waals surface area contributed by atoms with E-state index in [1.165, 1.54) is 17.0 Å². The maximum atomic E-state index is 12.3. The number of amides is 2. The van der Waals surface area contributed by atoms with Crippen molar-refractivity contribution in [3.05, 3.63) is 54.1 Å². The zero-order valence-corrected chi connectivity index (χ0v) is 15.9. The van der Waals surface area contributed by atoms with Crippen LogP contribution in [0.4, 0.5) is 5.69 Å². The Balaban J connectivity index is 1.56. The molecule has 1 aliphatic heterocycles. The minimum Gasteiger partial charge on any atom is -0.491 e. The van der Waals surface area contributed by atoms with Crippen LogP contribution in [0.3, 0.4) is 0 Å². The zero-order valence-electron chi connectivity index (χ0n) is 15.1. The first kappa shape index (κ1) is 19.8. The molecule has 0 atom stereocenters. The minimum absolute atomic E-state index is 0.0424. The van der Waals surface area contributed by atoms with Crippen LogP contribution in [0.2, 0.25) is 0 Å². The summed E-state index contributed by atoms with van der Waals surface area (Å²) in [5.74, 6) is 0.126. The van der Waals surface area contributed by atoms with Crippen LogP contribution in [0.1, 0.15) is 12.0 Å². The second-order valence-electron chi connectivity index (χ2n) is 6.33. The fourth-order valence-electron chi connectivity index (χ4n) is 2.88. The molecule has 28 heavy (non-hydrogen) atoms. The highest BCUT2D eigenvalue weighted by molar-refractivity contribution is 7.89. The van der Waals surface area contributed by atoms with E-state index in [2.05, 4.69) is 5.32 Å². The summed E-state index contributed by atoms with van der Waals surface area (Å²) in [6.07, 6.45) is 0.725. The molecule has 0 spiro atoms. The summed E-state index contributed by atoms with van der Waals surface area (Å²) in [7, 11) is -3.72. The first-order valence-electron chi connectivity index (χ1n) is 8.75. The molecular weight excluding hydrogens is 382 g/mol. The van der Waals surface area contributed by atoms with Gasteiger partial charge in [-0.1, -0.05) is 24.3 Å². The number of hydrogen-bond donors (Lipinski definition) is 2. The van der Waals surface area contributed by atoms with Gasteiger partial charge in [0.25, 0.3) is 0 Å². The number of ether oxygens (including phenoxy) is 1. The summed E-state index contributed by atoms with van der Waals surface area (Å²) < 4.78 is 28.1. The van der Waals surface area contributed by atoms with Crippen LogP contribution in [-0.2, 0) is 26.0 Å². The molecule has 0 bridgehead atoms. The number of carbonyl (C=O) groups is 2. The first-order chi connectivity index (χ1) is 13.3. The van der Waals surface area contributed by atoms with Crippen molar-refractivity contribution >= 4 is 27.5 Å². The van der Waals surface area contributed by atoms with Gasteiger partial charge >= 0.3 is 0 Å². The van der Waals surface area contributed by atoms with Gasteiger partial charge in [0.05, 0.1) is 23.6 Å². The molecule has 3 N–H and O–H groups in total. The number of carbonyl (C=O) groups excluding carboxylic acids is 2. The van der Waals surface area contributed by atoms with Gasteiger partial charge in [-0.25, -0.2) is 13.6 Å². The highest BCUT2D eigenvalue weighted by atomic mass is 32.2. The van der Waals surface area contributed by atoms with E-state index in [1.54, 1.807) is 30.3 Å². The van der Waals surface area contributed by atoms with Crippen LogP contribution >= 0.6 is 0 Å². The van der Waals surface area contributed by atoms with Crippen LogP contribution in [-0.4, -0.2) is 39.9 Å². The van der Waals surface area contributed by atoms with Crippen molar-refractivity contribution in [2.75, 3.05) is 24.6 Å². The lowest BCUT2D eigenvalue weighted by Crippen LogP contribution is -2.41. The van der Waals surface area contributed by atoms with Gasteiger partial charge in [0.15, 0.2) is 0 Å². The monoisotopic (exact) mass is 403 g/mol. The van der Waals surface area contributed by atoms with E-state index in [1.807, 2.05) is 6.07 Å². The number of anilines is 1. The lowest BCUT2D eigenvalue weighted by molar-refractivity contribution is -0.123. The number of nitrogens with one attached hydrogen (secondary N) is 1. The van der Waals surface area contributed by atoms with Gasteiger partial charge < -0.3 is 10.1 Å². The summed E-state index contributed by atoms with van der Waals surface area (Å²) in [5, 5.41) is 7.84. The van der Waals surface area contributed by atoms with Crippen molar-refractivity contribution in [3.63, 3.8) is 0 Å². The van der Waals surface area contributed by atoms with Crippen molar-refractivity contribution in [1.29, 1.82) is 0 Å². The highest BCUT2D eigenvalue weighted by Gasteiger charge is 2.24. The molecule has 0 unspecified atom stereocenters. The number of fused-ring (bicyclic) bond motifs is 1. The van der Waals surface area contributed by atoms with Crippen LogP contribution in [0.5, 0.6) is 5.75 Å². The molecule has 1 heterocycles. The lowest BCUT2D eigenvalue weighted by Gasteiger charge is -2.21. The Morgan fingerprint density at radius 2 is 1.86 bits per heavy atom. The van der Waals surface area contributed by atoms with E-state index in [0.29, 0.717) is 24.4 Å². The Hall–Kier alpha value is -2.91. The third kappa shape index (κ3) is 4.87. The standard InChI is InChI=1S/C19H21N3O5S/c20-28(25,26)15-7-5-14(6-8-15)9-11-21-18(23)13-22-16-3-1-2-4-17(16)27-12-10-19(22)24/h1-8H,9-13H2,(H,21,23)(H2,20,25,26). The topological polar surface area (TPSA) is 119 Å². The van der Waals surface area contributed by atoms with E-state index >= 15 is 0 Å². The van der Waals surface area contributed by atoms with Gasteiger partial charge in [0.2, 0.25) is 21.8 Å². The second kappa shape index (κ2) is 8.41. The maximum absolute atomic E-state index is 12.3. The molecule has 0 aliphatic carbocycles. The van der Waals surface area contributed by atoms with Gasteiger partial charge in [0, 0.05) is 6.54 Å². The summed E-state index contributed by atoms with van der Waals surface area (Å²) in [6, 6.07) is 13.3. The van der Waals surface area contributed by atoms with E-state index in [4.69, 9.17) is 9.88 Å². The molecule has 2 aromatic rings. The third-order valence-electron chi connectivity index (χ3n) is 4.32. The number of rotatable bonds is 6. The van der Waals surface area contributed by atoms with Crippen molar-refractivity contribution in [3.8, 4) is 5.75 Å². The molecule has 9 heteroatoms. The highest BCUT2D eigenvalue weighted by Crippen LogP contribution is 2.30. The summed E-state index contributed by atoms with van der Waals surface area (Å²) in [6.45, 7) is 0.541. The molecule has 2 aromatic carbocycles. The summed E-state index contributed by atoms with van der Waals surface area (Å²) in [5.41, 5.74) is 1.44. The molecule has 0 radical (unpaired) electrons. The molecule has 2 amide bonds. The fourth-order valence-corrected chi connectivity index (χ4v) is 3.40. The zero-order chi connectivity index (χ0) is 20.1. The quantitative estimate of drug-likeness (QED) is 0.740. The van der Waals surface area contributed by atoms with Crippen LogP contribution in [0, 0.1) is 0 Å². The minimum atomic E-state index is -3.72. The maximum Gasteiger partial charge on any atom is 0.240 e. The lowest BCUT2D eigenvalue weighted by atomic mass is 10.1. The molecule has 0 saturated heterocycles. The first-order valence-corrected chi connectivity index (χ1v) is 10.3. The smallest absolute Gasteiger partial charge is 0.240 e. The van der Waals surface area contributed by atoms with Gasteiger partial charge in [-0.2, -0.15) is 0 Å². The number of benzene rings is 2. The number of nitrogens with two attached hydrogens (primary N) is 1. The molecule has 0 saturated carbocycles. The number of primary sulfonamides is 1. The second-order valence-corrected chi connectivity index (χ2v) is 7.90. The van der Waals surface area contributed by atoms with Gasteiger partial charge in [-0.15, -0.1) is 0 Å². The normalized spacial score (nSPS) is 14.0. The van der Waals surface area contributed by atoms with E-state index in [-0.39, 0.29) is 36.3 Å². The summed E-state index contributed by atoms with van der Waals surface area (Å²) in [4.78, 5) is 26.1. The predicted octanol–water partition coefficient (Wildman–Crippen LogP) is 0.808. The third-order valence-corrected chi connectivity index (χ3v) is 5.25. The largest absolute Gasteiger partial charge is 0.491 e. The van der Waals surface area contributed by atoms with E-state index in [9.17, 15) is 18.0 Å². The van der Waals surface area contributed by atoms with Crippen LogP contribution in [0.25, 0.3) is 0 Å². The Kier molecular flexibility index (Phi) is 5.96. The number of nitrogens with zero attached hydrogens (tertiary/aromatic N) is 1. The van der Waals surface area contributed by atoms with Gasteiger partial charge in [-0.3, -0.25) is 14.5 Å². The van der Waals surface area contributed by atoms with Crippen molar-refractivity contribution in [1.82, 2.24) is 5.32 Å². The average Bonchev–Trinajstić information content (AvgIpc) is 2.81. The van der Waals surface area contributed by atoms with Crippen molar-refractivity contribution in [2.45, 2.75) is 17.7 Å². The molecule has 0 fully saturated rings. The van der Waals surface area contributed by atoms with Crippen LogP contribution in [0.15, 0.2) is 53.4 Å². The molecule has 1 aliphatic rings. The van der Waals surface area contributed by atoms with Crippen LogP contribution < -0.4 is 20.1 Å². The molecule has 3 rings (SSSR count). The number of para-hydroxylation sites is 2.